The number of nitriles is 1. The van der Waals surface area contributed by atoms with Crippen LogP contribution in [-0.4, -0.2) is 32.9 Å². The monoisotopic (exact) mass is 367 g/mol. The van der Waals surface area contributed by atoms with Crippen LogP contribution in [-0.2, 0) is 13.0 Å². The first-order chi connectivity index (χ1) is 13.2. The summed E-state index contributed by atoms with van der Waals surface area (Å²) in [5.74, 6) is 2.05. The maximum atomic E-state index is 11.5. The standard InChI is InChI=1S/C18H17N5O4/c19-11-13(18-21-20-17-4-2-1-3-5-22(17)18)8-12-9-15-16(27-7-6-26-15)10-14(12)23(24)25/h8-10H,1-7H2/b13-8-. The number of rotatable bonds is 3. The van der Waals surface area contributed by atoms with Crippen LogP contribution < -0.4 is 9.47 Å². The van der Waals surface area contributed by atoms with Gasteiger partial charge in [-0.05, 0) is 25.0 Å². The molecule has 0 atom stereocenters. The maximum Gasteiger partial charge on any atom is 0.280 e. The van der Waals surface area contributed by atoms with Crippen LogP contribution in [0.4, 0.5) is 5.69 Å². The molecule has 0 unspecified atom stereocenters. The third-order valence-corrected chi connectivity index (χ3v) is 4.66. The van der Waals surface area contributed by atoms with Crippen molar-refractivity contribution in [3.63, 3.8) is 0 Å². The molecule has 0 aliphatic carbocycles. The van der Waals surface area contributed by atoms with E-state index in [0.717, 1.165) is 38.1 Å². The number of hydrogen-bond donors (Lipinski definition) is 0. The molecule has 9 heteroatoms. The fourth-order valence-electron chi connectivity index (χ4n) is 3.35. The average molecular weight is 367 g/mol. The normalized spacial score (nSPS) is 16.2. The highest BCUT2D eigenvalue weighted by Crippen LogP contribution is 2.38. The summed E-state index contributed by atoms with van der Waals surface area (Å²) >= 11 is 0. The highest BCUT2D eigenvalue weighted by molar-refractivity contribution is 5.89. The van der Waals surface area contributed by atoms with Gasteiger partial charge in [-0.2, -0.15) is 5.26 Å². The summed E-state index contributed by atoms with van der Waals surface area (Å²) in [5, 5.41) is 29.5. The van der Waals surface area contributed by atoms with Crippen molar-refractivity contribution in [2.75, 3.05) is 13.2 Å². The van der Waals surface area contributed by atoms with Crippen LogP contribution in [0.15, 0.2) is 12.1 Å². The van der Waals surface area contributed by atoms with Crippen molar-refractivity contribution in [3.05, 3.63) is 39.5 Å². The zero-order valence-corrected chi connectivity index (χ0v) is 14.6. The number of aromatic nitrogens is 3. The topological polar surface area (TPSA) is 116 Å². The number of nitro benzene ring substituents is 1. The lowest BCUT2D eigenvalue weighted by atomic mass is 10.1. The Morgan fingerprint density at radius 1 is 1.22 bits per heavy atom. The van der Waals surface area contributed by atoms with E-state index in [1.54, 1.807) is 0 Å². The lowest BCUT2D eigenvalue weighted by Gasteiger charge is -2.18. The second-order valence-electron chi connectivity index (χ2n) is 6.38. The van der Waals surface area contributed by atoms with Gasteiger partial charge in [-0.15, -0.1) is 10.2 Å². The molecule has 2 aromatic rings. The molecule has 27 heavy (non-hydrogen) atoms. The molecule has 2 aliphatic heterocycles. The van der Waals surface area contributed by atoms with E-state index in [1.807, 2.05) is 4.57 Å². The minimum absolute atomic E-state index is 0.150. The third kappa shape index (κ3) is 3.21. The molecule has 138 valence electrons. The van der Waals surface area contributed by atoms with Gasteiger partial charge in [-0.25, -0.2) is 0 Å². The molecule has 0 spiro atoms. The molecule has 0 bridgehead atoms. The molecule has 2 aliphatic rings. The molecule has 0 fully saturated rings. The Hall–Kier alpha value is -3.41. The van der Waals surface area contributed by atoms with Gasteiger partial charge in [0.05, 0.1) is 22.1 Å². The van der Waals surface area contributed by atoms with Crippen molar-refractivity contribution >= 4 is 17.3 Å². The predicted octanol–water partition coefficient (Wildman–Crippen LogP) is 2.75. The Morgan fingerprint density at radius 3 is 2.74 bits per heavy atom. The maximum absolute atomic E-state index is 11.5. The van der Waals surface area contributed by atoms with Gasteiger partial charge in [0.15, 0.2) is 17.3 Å². The van der Waals surface area contributed by atoms with Gasteiger partial charge in [0.25, 0.3) is 5.69 Å². The summed E-state index contributed by atoms with van der Waals surface area (Å²) in [5.41, 5.74) is 0.352. The fraction of sp³-hybridized carbons (Fsp3) is 0.389. The highest BCUT2D eigenvalue weighted by Gasteiger charge is 2.23. The van der Waals surface area contributed by atoms with Gasteiger partial charge in [0.1, 0.15) is 25.1 Å². The van der Waals surface area contributed by atoms with Crippen molar-refractivity contribution in [2.24, 2.45) is 0 Å². The predicted molar refractivity (Wildman–Crippen MR) is 95.1 cm³/mol. The summed E-state index contributed by atoms with van der Waals surface area (Å²) in [6.07, 6.45) is 5.41. The third-order valence-electron chi connectivity index (χ3n) is 4.66. The fourth-order valence-corrected chi connectivity index (χ4v) is 3.35. The number of fused-ring (bicyclic) bond motifs is 2. The Bertz CT molecular complexity index is 973. The van der Waals surface area contributed by atoms with Crippen LogP contribution in [0.5, 0.6) is 11.5 Å². The molecule has 4 rings (SSSR count). The summed E-state index contributed by atoms with van der Waals surface area (Å²) in [6, 6.07) is 4.98. The van der Waals surface area contributed by atoms with Crippen molar-refractivity contribution in [1.29, 1.82) is 5.26 Å². The molecule has 1 aromatic carbocycles. The minimum atomic E-state index is -0.497. The minimum Gasteiger partial charge on any atom is -0.486 e. The second kappa shape index (κ2) is 7.07. The number of allylic oxidation sites excluding steroid dienone is 1. The van der Waals surface area contributed by atoms with Gasteiger partial charge in [0, 0.05) is 13.0 Å². The Morgan fingerprint density at radius 2 is 2.00 bits per heavy atom. The molecule has 3 heterocycles. The summed E-state index contributed by atoms with van der Waals surface area (Å²) in [6.45, 7) is 1.45. The second-order valence-corrected chi connectivity index (χ2v) is 6.38. The number of benzene rings is 1. The Labute approximate surface area is 155 Å². The van der Waals surface area contributed by atoms with Crippen LogP contribution >= 0.6 is 0 Å². The number of hydrogen-bond acceptors (Lipinski definition) is 7. The lowest BCUT2D eigenvalue weighted by molar-refractivity contribution is -0.385. The van der Waals surface area contributed by atoms with Crippen molar-refractivity contribution in [3.8, 4) is 17.6 Å². The molecule has 0 radical (unpaired) electrons. The molecule has 0 amide bonds. The summed E-state index contributed by atoms with van der Waals surface area (Å²) in [7, 11) is 0. The summed E-state index contributed by atoms with van der Waals surface area (Å²) < 4.78 is 12.9. The number of aryl methyl sites for hydroxylation is 1. The van der Waals surface area contributed by atoms with Crippen molar-refractivity contribution in [2.45, 2.75) is 32.2 Å². The van der Waals surface area contributed by atoms with Gasteiger partial charge in [-0.1, -0.05) is 6.42 Å². The Balaban J connectivity index is 1.81. The zero-order chi connectivity index (χ0) is 18.8. The lowest BCUT2D eigenvalue weighted by Crippen LogP contribution is -2.15. The van der Waals surface area contributed by atoms with Crippen molar-refractivity contribution < 1.29 is 14.4 Å². The van der Waals surface area contributed by atoms with Crippen LogP contribution in [0.25, 0.3) is 11.6 Å². The van der Waals surface area contributed by atoms with E-state index in [1.165, 1.54) is 18.2 Å². The van der Waals surface area contributed by atoms with Crippen molar-refractivity contribution in [1.82, 2.24) is 14.8 Å². The van der Waals surface area contributed by atoms with E-state index in [9.17, 15) is 15.4 Å². The zero-order valence-electron chi connectivity index (χ0n) is 14.6. The number of ether oxygens (including phenoxy) is 2. The van der Waals surface area contributed by atoms with Gasteiger partial charge in [-0.3, -0.25) is 10.1 Å². The highest BCUT2D eigenvalue weighted by atomic mass is 16.6. The van der Waals surface area contributed by atoms with Crippen LogP contribution in [0.2, 0.25) is 0 Å². The number of nitrogens with zero attached hydrogens (tertiary/aromatic N) is 5. The first kappa shape index (κ1) is 17.0. The van der Waals surface area contributed by atoms with E-state index in [4.69, 9.17) is 9.47 Å². The van der Waals surface area contributed by atoms with E-state index in [-0.39, 0.29) is 16.8 Å². The largest absolute Gasteiger partial charge is 0.486 e. The van der Waals surface area contributed by atoms with E-state index >= 15 is 0 Å². The molecular weight excluding hydrogens is 350 g/mol. The smallest absolute Gasteiger partial charge is 0.280 e. The first-order valence-electron chi connectivity index (χ1n) is 8.79. The molecular formula is C18H17N5O4. The molecule has 0 saturated carbocycles. The van der Waals surface area contributed by atoms with Crippen LogP contribution in [0.3, 0.4) is 0 Å². The van der Waals surface area contributed by atoms with E-state index < -0.39 is 4.92 Å². The average Bonchev–Trinajstić information content (AvgIpc) is 2.93. The van der Waals surface area contributed by atoms with E-state index in [0.29, 0.717) is 30.5 Å². The quantitative estimate of drug-likeness (QED) is 0.465. The van der Waals surface area contributed by atoms with Gasteiger partial charge >= 0.3 is 0 Å². The van der Waals surface area contributed by atoms with Crippen LogP contribution in [0.1, 0.15) is 36.5 Å². The number of nitro groups is 1. The summed E-state index contributed by atoms with van der Waals surface area (Å²) in [4.78, 5) is 11.0. The SMILES string of the molecule is N#C/C(=C/c1cc2c(cc1[N+](=O)[O-])OCCO2)c1nnc2n1CCCCC2. The Kier molecular flexibility index (Phi) is 4.46. The molecule has 9 nitrogen and oxygen atoms in total. The first-order valence-corrected chi connectivity index (χ1v) is 8.79. The van der Waals surface area contributed by atoms with Crippen LogP contribution in [0, 0.1) is 21.4 Å². The van der Waals surface area contributed by atoms with E-state index in [2.05, 4.69) is 16.3 Å². The molecule has 0 saturated heterocycles. The molecule has 1 aromatic heterocycles. The van der Waals surface area contributed by atoms with Gasteiger partial charge < -0.3 is 14.0 Å². The van der Waals surface area contributed by atoms with Gasteiger partial charge in [0.2, 0.25) is 0 Å². The molecule has 0 N–H and O–H groups in total.